The topological polar surface area (TPSA) is 151 Å². The summed E-state index contributed by atoms with van der Waals surface area (Å²) in [6.07, 6.45) is 2.11. The Bertz CT molecular complexity index is 1310. The normalized spacial score (nSPS) is 17.0. The van der Waals surface area contributed by atoms with Crippen molar-refractivity contribution in [2.75, 3.05) is 20.3 Å². The van der Waals surface area contributed by atoms with E-state index in [0.717, 1.165) is 5.56 Å². The molecule has 0 amide bonds. The number of aliphatic hydroxyl groups is 1. The van der Waals surface area contributed by atoms with Crippen LogP contribution in [0.1, 0.15) is 50.1 Å². The number of methoxy groups -OCH3 is 1. The summed E-state index contributed by atoms with van der Waals surface area (Å²) in [5.74, 6) is 1.06. The average molecular weight is 519 g/mol. The monoisotopic (exact) mass is 518 g/mol. The maximum atomic E-state index is 13.6. The summed E-state index contributed by atoms with van der Waals surface area (Å²) in [5.41, 5.74) is 1.20. The van der Waals surface area contributed by atoms with Gasteiger partial charge in [0.1, 0.15) is 30.0 Å². The molecular formula is C23H30N6O6S. The minimum Gasteiger partial charge on any atom is -0.489 e. The van der Waals surface area contributed by atoms with Gasteiger partial charge in [-0.15, -0.1) is 10.2 Å². The van der Waals surface area contributed by atoms with Crippen LogP contribution >= 0.6 is 0 Å². The minimum absolute atomic E-state index is 0.0848. The zero-order valence-corrected chi connectivity index (χ0v) is 21.6. The summed E-state index contributed by atoms with van der Waals surface area (Å²) in [4.78, 5) is 13.0. The largest absolute Gasteiger partial charge is 0.489 e. The van der Waals surface area contributed by atoms with Crippen LogP contribution in [0.4, 0.5) is 0 Å². The van der Waals surface area contributed by atoms with E-state index in [1.165, 1.54) is 7.11 Å². The van der Waals surface area contributed by atoms with Gasteiger partial charge in [0.25, 0.3) is 0 Å². The lowest BCUT2D eigenvalue weighted by Gasteiger charge is -2.25. The molecule has 0 aromatic carbocycles. The van der Waals surface area contributed by atoms with Crippen molar-refractivity contribution in [2.24, 2.45) is 0 Å². The molecule has 0 unspecified atom stereocenters. The van der Waals surface area contributed by atoms with Gasteiger partial charge in [-0.3, -0.25) is 4.57 Å². The van der Waals surface area contributed by atoms with Crippen molar-refractivity contribution in [3.8, 4) is 23.1 Å². The Labute approximate surface area is 209 Å². The number of sulfone groups is 1. The van der Waals surface area contributed by atoms with Gasteiger partial charge in [-0.05, 0) is 39.3 Å². The number of nitrogens with zero attached hydrogens (tertiary/aromatic N) is 6. The fraction of sp³-hybridized carbons (Fsp3) is 0.522. The van der Waals surface area contributed by atoms with Crippen LogP contribution in [0.2, 0.25) is 0 Å². The Balaban J connectivity index is 1.71. The number of fused-ring (bicyclic) bond motifs is 3. The van der Waals surface area contributed by atoms with E-state index in [-0.39, 0.29) is 36.8 Å². The average Bonchev–Trinajstić information content (AvgIpc) is 3.17. The molecule has 1 N–H and O–H groups in total. The highest BCUT2D eigenvalue weighted by atomic mass is 32.2. The van der Waals surface area contributed by atoms with E-state index in [2.05, 4.69) is 25.1 Å². The summed E-state index contributed by atoms with van der Waals surface area (Å²) in [6, 6.07) is 2.72. The molecule has 1 aliphatic rings. The van der Waals surface area contributed by atoms with Crippen LogP contribution in [0.15, 0.2) is 24.5 Å². The van der Waals surface area contributed by atoms with Crippen molar-refractivity contribution < 1.29 is 27.7 Å². The molecule has 4 heterocycles. The summed E-state index contributed by atoms with van der Waals surface area (Å²) in [6.45, 7) is 6.84. The Morgan fingerprint density at radius 2 is 1.92 bits per heavy atom. The van der Waals surface area contributed by atoms with Crippen molar-refractivity contribution in [3.63, 3.8) is 0 Å². The second-order valence-corrected chi connectivity index (χ2v) is 11.3. The summed E-state index contributed by atoms with van der Waals surface area (Å²) in [5, 5.41) is 17.5. The Morgan fingerprint density at radius 3 is 2.56 bits per heavy atom. The van der Waals surface area contributed by atoms with E-state index in [1.807, 2.05) is 20.8 Å². The predicted molar refractivity (Wildman–Crippen MR) is 129 cm³/mol. The first-order valence-electron chi connectivity index (χ1n) is 11.5. The fourth-order valence-electron chi connectivity index (χ4n) is 3.90. The molecule has 1 aliphatic heterocycles. The standard InChI is InChI=1S/C23H30N6O6S/c1-13(2)35-21(22-24-8-14(3)9-25-22)15(4)36(31,32)12-18-27-28-23-20-17(6-7-19(26-20)33-5)34-11-16(10-30)29(18)23/h6-9,13,15-16,21,30H,10-12H2,1-5H3/t15-,16-,21+/m0/s1. The molecule has 194 valence electrons. The highest BCUT2D eigenvalue weighted by Crippen LogP contribution is 2.35. The molecule has 3 aromatic rings. The number of ether oxygens (including phenoxy) is 3. The van der Waals surface area contributed by atoms with Gasteiger partial charge in [0.05, 0.1) is 31.1 Å². The van der Waals surface area contributed by atoms with E-state index in [1.54, 1.807) is 36.0 Å². The summed E-state index contributed by atoms with van der Waals surface area (Å²) >= 11 is 0. The number of aliphatic hydroxyl groups excluding tert-OH is 1. The van der Waals surface area contributed by atoms with Gasteiger partial charge in [0.15, 0.2) is 27.2 Å². The minimum atomic E-state index is -3.85. The van der Waals surface area contributed by atoms with E-state index >= 15 is 0 Å². The van der Waals surface area contributed by atoms with Gasteiger partial charge in [0, 0.05) is 18.5 Å². The second-order valence-electron chi connectivity index (χ2n) is 8.89. The van der Waals surface area contributed by atoms with E-state index in [4.69, 9.17) is 14.2 Å². The number of hydrogen-bond acceptors (Lipinski definition) is 11. The van der Waals surface area contributed by atoms with Crippen LogP contribution < -0.4 is 9.47 Å². The quantitative estimate of drug-likeness (QED) is 0.442. The van der Waals surface area contributed by atoms with Gasteiger partial charge in [-0.25, -0.2) is 23.4 Å². The van der Waals surface area contributed by atoms with Crippen LogP contribution in [-0.4, -0.2) is 74.9 Å². The molecule has 0 spiro atoms. The predicted octanol–water partition coefficient (Wildman–Crippen LogP) is 1.84. The second kappa shape index (κ2) is 10.4. The molecule has 4 rings (SSSR count). The number of rotatable bonds is 9. The lowest BCUT2D eigenvalue weighted by Crippen LogP contribution is -2.32. The van der Waals surface area contributed by atoms with Crippen molar-refractivity contribution in [3.05, 3.63) is 41.7 Å². The molecular weight excluding hydrogens is 488 g/mol. The number of aromatic nitrogens is 6. The number of hydrogen-bond donors (Lipinski definition) is 1. The molecule has 3 aromatic heterocycles. The van der Waals surface area contributed by atoms with Gasteiger partial charge < -0.3 is 19.3 Å². The van der Waals surface area contributed by atoms with Crippen molar-refractivity contribution in [2.45, 2.75) is 56.9 Å². The first-order chi connectivity index (χ1) is 17.1. The van der Waals surface area contributed by atoms with Crippen molar-refractivity contribution >= 4 is 9.84 Å². The van der Waals surface area contributed by atoms with Crippen LogP contribution in [0.3, 0.4) is 0 Å². The third-order valence-electron chi connectivity index (χ3n) is 5.82. The first kappa shape index (κ1) is 25.9. The molecule has 0 saturated heterocycles. The lowest BCUT2D eigenvalue weighted by molar-refractivity contribution is 0.00140. The zero-order chi connectivity index (χ0) is 26.0. The van der Waals surface area contributed by atoms with Gasteiger partial charge >= 0.3 is 0 Å². The molecule has 3 atom stereocenters. The maximum Gasteiger partial charge on any atom is 0.213 e. The molecule has 0 fully saturated rings. The molecule has 12 nitrogen and oxygen atoms in total. The highest BCUT2D eigenvalue weighted by Gasteiger charge is 2.37. The number of pyridine rings is 1. The number of aryl methyl sites for hydroxylation is 1. The summed E-state index contributed by atoms with van der Waals surface area (Å²) in [7, 11) is -2.36. The maximum absolute atomic E-state index is 13.6. The van der Waals surface area contributed by atoms with Crippen molar-refractivity contribution in [1.82, 2.24) is 29.7 Å². The van der Waals surface area contributed by atoms with Crippen LogP contribution in [0.25, 0.3) is 11.5 Å². The Morgan fingerprint density at radius 1 is 1.19 bits per heavy atom. The Hall–Kier alpha value is -3.16. The van der Waals surface area contributed by atoms with E-state index in [9.17, 15) is 13.5 Å². The third kappa shape index (κ3) is 5.18. The van der Waals surface area contributed by atoms with Gasteiger partial charge in [0.2, 0.25) is 5.88 Å². The highest BCUT2D eigenvalue weighted by molar-refractivity contribution is 7.91. The molecule has 0 radical (unpaired) electrons. The van der Waals surface area contributed by atoms with E-state index < -0.39 is 33.0 Å². The SMILES string of the molecule is COc1ccc2c(n1)-c1nnc(CS(=O)(=O)[C@@H](C)[C@@H](OC(C)C)c3ncc(C)cn3)n1[C@@H](CO)CO2. The Kier molecular flexibility index (Phi) is 7.52. The third-order valence-corrected chi connectivity index (χ3v) is 7.87. The van der Waals surface area contributed by atoms with Gasteiger partial charge in [-0.1, -0.05) is 0 Å². The summed E-state index contributed by atoms with van der Waals surface area (Å²) < 4.78 is 45.8. The van der Waals surface area contributed by atoms with Crippen LogP contribution in [0, 0.1) is 6.92 Å². The lowest BCUT2D eigenvalue weighted by atomic mass is 10.2. The smallest absolute Gasteiger partial charge is 0.213 e. The molecule has 0 saturated carbocycles. The molecule has 0 bridgehead atoms. The molecule has 13 heteroatoms. The zero-order valence-electron chi connectivity index (χ0n) is 20.8. The van der Waals surface area contributed by atoms with Crippen molar-refractivity contribution in [1.29, 1.82) is 0 Å². The van der Waals surface area contributed by atoms with Crippen LogP contribution in [-0.2, 0) is 20.3 Å². The fourth-order valence-corrected chi connectivity index (χ4v) is 5.29. The van der Waals surface area contributed by atoms with Gasteiger partial charge in [-0.2, -0.15) is 0 Å². The molecule has 36 heavy (non-hydrogen) atoms. The van der Waals surface area contributed by atoms with E-state index in [0.29, 0.717) is 17.3 Å². The van der Waals surface area contributed by atoms with Crippen LogP contribution in [0.5, 0.6) is 11.6 Å². The first-order valence-corrected chi connectivity index (χ1v) is 13.2. The molecule has 0 aliphatic carbocycles.